The molecule has 2 nitrogen and oxygen atoms in total. The van der Waals surface area contributed by atoms with Crippen LogP contribution in [0.4, 0.5) is 0 Å². The summed E-state index contributed by atoms with van der Waals surface area (Å²) in [6.07, 6.45) is 0. The van der Waals surface area contributed by atoms with E-state index in [1.807, 2.05) is 48.5 Å². The zero-order valence-electron chi connectivity index (χ0n) is 13.0. The Morgan fingerprint density at radius 3 is 2.09 bits per heavy atom. The van der Waals surface area contributed by atoms with Crippen LogP contribution in [-0.2, 0) is 11.3 Å². The summed E-state index contributed by atoms with van der Waals surface area (Å²) in [5, 5.41) is 0. The van der Waals surface area contributed by atoms with Gasteiger partial charge in [0.2, 0.25) is 0 Å². The summed E-state index contributed by atoms with van der Waals surface area (Å²) in [4.78, 5) is 0. The van der Waals surface area contributed by atoms with Crippen LogP contribution in [0.2, 0.25) is 0 Å². The van der Waals surface area contributed by atoms with Gasteiger partial charge in [-0.1, -0.05) is 72.8 Å². The van der Waals surface area contributed by atoms with Gasteiger partial charge in [0.15, 0.2) is 0 Å². The van der Waals surface area contributed by atoms with E-state index in [2.05, 4.69) is 36.4 Å². The number of hydrogen-bond donors (Lipinski definition) is 0. The molecule has 0 aliphatic heterocycles. The van der Waals surface area contributed by atoms with Gasteiger partial charge in [-0.05, 0) is 28.8 Å². The Kier molecular flexibility index (Phi) is 5.43. The summed E-state index contributed by atoms with van der Waals surface area (Å²) in [7, 11) is 0. The van der Waals surface area contributed by atoms with Crippen LogP contribution in [0.3, 0.4) is 0 Å². The molecule has 2 heteroatoms. The van der Waals surface area contributed by atoms with E-state index < -0.39 is 0 Å². The second kappa shape index (κ2) is 8.16. The second-order valence-corrected chi connectivity index (χ2v) is 5.28. The lowest BCUT2D eigenvalue weighted by Gasteiger charge is -2.09. The van der Waals surface area contributed by atoms with Crippen molar-refractivity contribution in [1.82, 2.24) is 0 Å². The summed E-state index contributed by atoms with van der Waals surface area (Å²) < 4.78 is 11.4. The smallest absolute Gasteiger partial charge is 0.120 e. The molecule has 0 spiro atoms. The average molecular weight is 304 g/mol. The van der Waals surface area contributed by atoms with Gasteiger partial charge >= 0.3 is 0 Å². The second-order valence-electron chi connectivity index (χ2n) is 5.28. The molecule has 3 aromatic carbocycles. The summed E-state index contributed by atoms with van der Waals surface area (Å²) in [6, 6.07) is 28.6. The largest absolute Gasteiger partial charge is 0.491 e. The minimum atomic E-state index is 0.547. The third-order valence-electron chi connectivity index (χ3n) is 3.55. The van der Waals surface area contributed by atoms with Gasteiger partial charge in [0.1, 0.15) is 12.4 Å². The zero-order valence-corrected chi connectivity index (χ0v) is 13.0. The summed E-state index contributed by atoms with van der Waals surface area (Å²) in [6.45, 7) is 1.74. The maximum absolute atomic E-state index is 5.78. The van der Waals surface area contributed by atoms with E-state index in [0.717, 1.165) is 11.3 Å². The normalized spacial score (nSPS) is 10.4. The van der Waals surface area contributed by atoms with Crippen LogP contribution in [0.1, 0.15) is 5.56 Å². The average Bonchev–Trinajstić information content (AvgIpc) is 2.63. The van der Waals surface area contributed by atoms with E-state index in [1.54, 1.807) is 0 Å². The number of rotatable bonds is 7. The lowest BCUT2D eigenvalue weighted by molar-refractivity contribution is 0.0889. The van der Waals surface area contributed by atoms with Gasteiger partial charge in [0.25, 0.3) is 0 Å². The van der Waals surface area contributed by atoms with Crippen molar-refractivity contribution in [2.24, 2.45) is 0 Å². The topological polar surface area (TPSA) is 18.5 Å². The Bertz CT molecular complexity index is 708. The van der Waals surface area contributed by atoms with Crippen LogP contribution < -0.4 is 4.74 Å². The number of hydrogen-bond acceptors (Lipinski definition) is 2. The van der Waals surface area contributed by atoms with Gasteiger partial charge < -0.3 is 9.47 Å². The quantitative estimate of drug-likeness (QED) is 0.575. The van der Waals surface area contributed by atoms with Crippen molar-refractivity contribution in [2.45, 2.75) is 6.61 Å². The van der Waals surface area contributed by atoms with E-state index in [1.165, 1.54) is 11.1 Å². The highest BCUT2D eigenvalue weighted by Gasteiger charge is 2.00. The molecule has 0 aliphatic carbocycles. The fraction of sp³-hybridized carbons (Fsp3) is 0.143. The lowest BCUT2D eigenvalue weighted by Crippen LogP contribution is -2.06. The van der Waals surface area contributed by atoms with Crippen molar-refractivity contribution in [3.05, 3.63) is 90.5 Å². The molecule has 0 saturated heterocycles. The van der Waals surface area contributed by atoms with Crippen LogP contribution in [0.25, 0.3) is 11.1 Å². The molecule has 0 bridgehead atoms. The molecule has 0 unspecified atom stereocenters. The van der Waals surface area contributed by atoms with Crippen molar-refractivity contribution in [3.63, 3.8) is 0 Å². The van der Waals surface area contributed by atoms with Crippen LogP contribution in [0, 0.1) is 0 Å². The molecule has 0 fully saturated rings. The van der Waals surface area contributed by atoms with E-state index in [9.17, 15) is 0 Å². The summed E-state index contributed by atoms with van der Waals surface area (Å²) in [5.74, 6) is 0.870. The SMILES string of the molecule is c1ccc(COCCOc2cccc(-c3ccccc3)c2)cc1. The molecule has 0 radical (unpaired) electrons. The maximum Gasteiger partial charge on any atom is 0.120 e. The Morgan fingerprint density at radius 2 is 1.30 bits per heavy atom. The van der Waals surface area contributed by atoms with Crippen molar-refractivity contribution >= 4 is 0 Å². The van der Waals surface area contributed by atoms with Crippen LogP contribution in [0.15, 0.2) is 84.9 Å². The van der Waals surface area contributed by atoms with Crippen LogP contribution in [-0.4, -0.2) is 13.2 Å². The van der Waals surface area contributed by atoms with Crippen molar-refractivity contribution in [2.75, 3.05) is 13.2 Å². The number of benzene rings is 3. The summed E-state index contributed by atoms with van der Waals surface area (Å²) in [5.41, 5.74) is 3.53. The minimum Gasteiger partial charge on any atom is -0.491 e. The first kappa shape index (κ1) is 15.3. The molecular formula is C21H20O2. The fourth-order valence-corrected chi connectivity index (χ4v) is 2.38. The van der Waals surface area contributed by atoms with Crippen LogP contribution >= 0.6 is 0 Å². The Morgan fingerprint density at radius 1 is 0.609 bits per heavy atom. The zero-order chi connectivity index (χ0) is 15.7. The van der Waals surface area contributed by atoms with Crippen LogP contribution in [0.5, 0.6) is 5.75 Å². The predicted molar refractivity (Wildman–Crippen MR) is 93.5 cm³/mol. The number of ether oxygens (including phenoxy) is 2. The van der Waals surface area contributed by atoms with Gasteiger partial charge in [-0.3, -0.25) is 0 Å². The molecule has 0 heterocycles. The first-order valence-corrected chi connectivity index (χ1v) is 7.82. The first-order valence-electron chi connectivity index (χ1n) is 7.82. The highest BCUT2D eigenvalue weighted by Crippen LogP contribution is 2.23. The van der Waals surface area contributed by atoms with Gasteiger partial charge in [-0.25, -0.2) is 0 Å². The molecule has 0 saturated carbocycles. The monoisotopic (exact) mass is 304 g/mol. The summed E-state index contributed by atoms with van der Waals surface area (Å²) >= 11 is 0. The van der Waals surface area contributed by atoms with E-state index >= 15 is 0 Å². The van der Waals surface area contributed by atoms with E-state index in [-0.39, 0.29) is 0 Å². The molecular weight excluding hydrogens is 284 g/mol. The molecule has 0 aromatic heterocycles. The molecule has 3 aromatic rings. The maximum atomic E-state index is 5.78. The third-order valence-corrected chi connectivity index (χ3v) is 3.55. The molecule has 0 amide bonds. The molecule has 0 atom stereocenters. The van der Waals surface area contributed by atoms with Gasteiger partial charge in [0, 0.05) is 0 Å². The Labute approximate surface area is 137 Å². The van der Waals surface area contributed by atoms with Gasteiger partial charge in [-0.15, -0.1) is 0 Å². The fourth-order valence-electron chi connectivity index (χ4n) is 2.38. The van der Waals surface area contributed by atoms with E-state index in [0.29, 0.717) is 19.8 Å². The van der Waals surface area contributed by atoms with Crippen molar-refractivity contribution in [3.8, 4) is 16.9 Å². The Hall–Kier alpha value is -2.58. The highest BCUT2D eigenvalue weighted by molar-refractivity contribution is 5.64. The molecule has 3 rings (SSSR count). The standard InChI is InChI=1S/C21H20O2/c1-3-8-18(9-4-1)17-22-14-15-23-21-13-7-12-20(16-21)19-10-5-2-6-11-19/h1-13,16H,14-15,17H2. The van der Waals surface area contributed by atoms with E-state index in [4.69, 9.17) is 9.47 Å². The van der Waals surface area contributed by atoms with Crippen molar-refractivity contribution in [1.29, 1.82) is 0 Å². The molecule has 0 aliphatic rings. The predicted octanol–water partition coefficient (Wildman–Crippen LogP) is 4.95. The minimum absolute atomic E-state index is 0.547. The Balaban J connectivity index is 1.47. The molecule has 116 valence electrons. The molecule has 0 N–H and O–H groups in total. The molecule has 23 heavy (non-hydrogen) atoms. The van der Waals surface area contributed by atoms with Gasteiger partial charge in [-0.2, -0.15) is 0 Å². The highest BCUT2D eigenvalue weighted by atomic mass is 16.5. The first-order chi connectivity index (χ1) is 11.4. The third kappa shape index (κ3) is 4.70. The van der Waals surface area contributed by atoms with Gasteiger partial charge in [0.05, 0.1) is 13.2 Å². The van der Waals surface area contributed by atoms with Crippen molar-refractivity contribution < 1.29 is 9.47 Å². The lowest BCUT2D eigenvalue weighted by atomic mass is 10.1.